The third-order valence-corrected chi connectivity index (χ3v) is 4.21. The Morgan fingerprint density at radius 3 is 2.61 bits per heavy atom. The predicted molar refractivity (Wildman–Crippen MR) is 90.1 cm³/mol. The molecular formula is C17H14N4OS. The van der Waals surface area contributed by atoms with Crippen molar-refractivity contribution in [1.29, 1.82) is 10.5 Å². The van der Waals surface area contributed by atoms with Crippen molar-refractivity contribution in [3.8, 4) is 12.1 Å². The van der Waals surface area contributed by atoms with Crippen LogP contribution in [-0.4, -0.2) is 10.9 Å². The Kier molecular flexibility index (Phi) is 4.90. The van der Waals surface area contributed by atoms with Gasteiger partial charge in [0, 0.05) is 12.3 Å². The summed E-state index contributed by atoms with van der Waals surface area (Å²) < 4.78 is 0. The maximum atomic E-state index is 12.1. The van der Waals surface area contributed by atoms with Crippen LogP contribution < -0.4 is 4.90 Å². The minimum Gasteiger partial charge on any atom is -0.274 e. The number of allylic oxidation sites excluding steroid dienone is 1. The number of thiazole rings is 1. The van der Waals surface area contributed by atoms with Crippen LogP contribution in [0.5, 0.6) is 0 Å². The summed E-state index contributed by atoms with van der Waals surface area (Å²) in [6.07, 6.45) is 1.40. The second kappa shape index (κ2) is 6.87. The second-order valence-corrected chi connectivity index (χ2v) is 5.75. The summed E-state index contributed by atoms with van der Waals surface area (Å²) in [6.45, 7) is 5.42. The van der Waals surface area contributed by atoms with Crippen LogP contribution in [0.4, 0.5) is 10.8 Å². The van der Waals surface area contributed by atoms with Gasteiger partial charge in [-0.1, -0.05) is 12.1 Å². The number of nitrogens with zero attached hydrogens (tertiary/aromatic N) is 4. The molecule has 5 nitrogen and oxygen atoms in total. The molecule has 0 bridgehead atoms. The van der Waals surface area contributed by atoms with Crippen LogP contribution in [-0.2, 0) is 4.79 Å². The zero-order valence-electron chi connectivity index (χ0n) is 13.0. The van der Waals surface area contributed by atoms with Gasteiger partial charge in [0.05, 0.1) is 11.4 Å². The van der Waals surface area contributed by atoms with E-state index in [9.17, 15) is 4.79 Å². The molecule has 1 heterocycles. The number of anilines is 2. The topological polar surface area (TPSA) is 80.8 Å². The number of hydrogen-bond donors (Lipinski definition) is 0. The molecule has 1 amide bonds. The zero-order valence-corrected chi connectivity index (χ0v) is 13.8. The lowest BCUT2D eigenvalue weighted by atomic mass is 10.1. The summed E-state index contributed by atoms with van der Waals surface area (Å²) in [5.41, 5.74) is 3.33. The fraction of sp³-hybridized carbons (Fsp3) is 0.176. The first-order valence-corrected chi connectivity index (χ1v) is 7.70. The van der Waals surface area contributed by atoms with Gasteiger partial charge in [0.25, 0.3) is 0 Å². The van der Waals surface area contributed by atoms with Gasteiger partial charge in [0.15, 0.2) is 5.13 Å². The van der Waals surface area contributed by atoms with Gasteiger partial charge in [-0.15, -0.1) is 11.3 Å². The molecule has 23 heavy (non-hydrogen) atoms. The summed E-state index contributed by atoms with van der Waals surface area (Å²) >= 11 is 1.29. The Labute approximate surface area is 138 Å². The maximum absolute atomic E-state index is 12.1. The number of benzene rings is 1. The van der Waals surface area contributed by atoms with Crippen LogP contribution in [0.15, 0.2) is 29.2 Å². The van der Waals surface area contributed by atoms with Crippen LogP contribution in [0, 0.1) is 36.5 Å². The molecule has 0 spiro atoms. The molecule has 0 radical (unpaired) electrons. The minimum absolute atomic E-state index is 0.0250. The molecule has 6 heteroatoms. The summed E-state index contributed by atoms with van der Waals surface area (Å²) in [5, 5.41) is 19.8. The largest absolute Gasteiger partial charge is 0.274 e. The highest BCUT2D eigenvalue weighted by atomic mass is 32.1. The van der Waals surface area contributed by atoms with E-state index in [2.05, 4.69) is 4.98 Å². The van der Waals surface area contributed by atoms with Crippen molar-refractivity contribution in [2.75, 3.05) is 4.90 Å². The number of nitriles is 2. The van der Waals surface area contributed by atoms with E-state index in [4.69, 9.17) is 10.5 Å². The number of carbonyl (C=O) groups is 1. The van der Waals surface area contributed by atoms with E-state index in [0.717, 1.165) is 16.8 Å². The van der Waals surface area contributed by atoms with Gasteiger partial charge < -0.3 is 0 Å². The Morgan fingerprint density at radius 1 is 1.30 bits per heavy atom. The smallest absolute Gasteiger partial charge is 0.230 e. The first kappa shape index (κ1) is 16.4. The molecule has 0 aliphatic rings. The average Bonchev–Trinajstić information content (AvgIpc) is 2.97. The third-order valence-electron chi connectivity index (χ3n) is 3.37. The molecule has 2 aromatic rings. The van der Waals surface area contributed by atoms with E-state index < -0.39 is 0 Å². The number of aromatic nitrogens is 1. The summed E-state index contributed by atoms with van der Waals surface area (Å²) in [6, 6.07) is 9.34. The molecule has 0 aliphatic carbocycles. The van der Waals surface area contributed by atoms with Crippen LogP contribution >= 0.6 is 11.3 Å². The van der Waals surface area contributed by atoms with Gasteiger partial charge in [-0.2, -0.15) is 10.5 Å². The van der Waals surface area contributed by atoms with Crippen molar-refractivity contribution >= 4 is 34.1 Å². The van der Waals surface area contributed by atoms with Gasteiger partial charge in [0.1, 0.15) is 17.7 Å². The van der Waals surface area contributed by atoms with E-state index in [1.54, 1.807) is 22.4 Å². The molecule has 0 aliphatic heterocycles. The van der Waals surface area contributed by atoms with Gasteiger partial charge in [-0.05, 0) is 37.1 Å². The molecule has 0 saturated carbocycles. The predicted octanol–water partition coefficient (Wildman–Crippen LogP) is 3.88. The van der Waals surface area contributed by atoms with E-state index in [1.165, 1.54) is 24.3 Å². The quantitative estimate of drug-likeness (QED) is 0.803. The van der Waals surface area contributed by atoms with Gasteiger partial charge in [-0.25, -0.2) is 4.98 Å². The monoisotopic (exact) mass is 322 g/mol. The molecule has 114 valence electrons. The Bertz CT molecular complexity index is 851. The molecule has 0 atom stereocenters. The lowest BCUT2D eigenvalue weighted by Crippen LogP contribution is -2.23. The van der Waals surface area contributed by atoms with Gasteiger partial charge in [0.2, 0.25) is 5.91 Å². The molecule has 1 aromatic heterocycles. The summed E-state index contributed by atoms with van der Waals surface area (Å²) in [7, 11) is 0. The second-order valence-electron chi connectivity index (χ2n) is 4.91. The number of amides is 1. The van der Waals surface area contributed by atoms with Crippen LogP contribution in [0.1, 0.15) is 23.7 Å². The lowest BCUT2D eigenvalue weighted by molar-refractivity contribution is -0.115. The number of rotatable bonds is 3. The molecule has 0 fully saturated rings. The molecule has 0 saturated heterocycles. The Balaban J connectivity index is 2.49. The van der Waals surface area contributed by atoms with Gasteiger partial charge in [-0.3, -0.25) is 9.69 Å². The standard InChI is InChI=1S/C17H14N4OS/c1-11-5-4-6-16(12(11)2)21(13(3)22)17-20-15(10-23-17)7-14(8-18)9-19/h4-7,10H,1-3H3. The van der Waals surface area contributed by atoms with E-state index in [-0.39, 0.29) is 11.5 Å². The third kappa shape index (κ3) is 3.45. The molecule has 0 N–H and O–H groups in total. The molecule has 0 unspecified atom stereocenters. The Hall–Kier alpha value is -2.96. The summed E-state index contributed by atoms with van der Waals surface area (Å²) in [4.78, 5) is 18.0. The summed E-state index contributed by atoms with van der Waals surface area (Å²) in [5.74, 6) is -0.149. The first-order chi connectivity index (χ1) is 11.0. The SMILES string of the molecule is CC(=O)N(c1nc(C=C(C#N)C#N)cs1)c1cccc(C)c1C. The average molecular weight is 322 g/mol. The van der Waals surface area contributed by atoms with Gasteiger partial charge >= 0.3 is 0 Å². The number of aryl methyl sites for hydroxylation is 1. The lowest BCUT2D eigenvalue weighted by Gasteiger charge is -2.21. The van der Waals surface area contributed by atoms with Crippen LogP contribution in [0.25, 0.3) is 6.08 Å². The molecule has 2 rings (SSSR count). The van der Waals surface area contributed by atoms with Crippen molar-refractivity contribution in [1.82, 2.24) is 4.98 Å². The van der Waals surface area contributed by atoms with Crippen molar-refractivity contribution in [3.05, 3.63) is 46.0 Å². The first-order valence-electron chi connectivity index (χ1n) is 6.82. The van der Waals surface area contributed by atoms with Crippen LogP contribution in [0.2, 0.25) is 0 Å². The molecule has 1 aromatic carbocycles. The van der Waals surface area contributed by atoms with E-state index in [0.29, 0.717) is 10.8 Å². The zero-order chi connectivity index (χ0) is 17.0. The normalized spacial score (nSPS) is 9.61. The van der Waals surface area contributed by atoms with Crippen molar-refractivity contribution in [2.24, 2.45) is 0 Å². The fourth-order valence-corrected chi connectivity index (χ4v) is 2.91. The number of carbonyl (C=O) groups excluding carboxylic acids is 1. The Morgan fingerprint density at radius 2 is 2.00 bits per heavy atom. The van der Waals surface area contributed by atoms with E-state index >= 15 is 0 Å². The maximum Gasteiger partial charge on any atom is 0.230 e. The number of hydrogen-bond acceptors (Lipinski definition) is 5. The highest BCUT2D eigenvalue weighted by Gasteiger charge is 2.20. The fourth-order valence-electron chi connectivity index (χ4n) is 2.07. The van der Waals surface area contributed by atoms with Crippen molar-refractivity contribution in [2.45, 2.75) is 20.8 Å². The highest BCUT2D eigenvalue weighted by Crippen LogP contribution is 2.32. The van der Waals surface area contributed by atoms with E-state index in [1.807, 2.05) is 32.0 Å². The van der Waals surface area contributed by atoms with Crippen LogP contribution in [0.3, 0.4) is 0 Å². The molecular weight excluding hydrogens is 308 g/mol. The van der Waals surface area contributed by atoms with Crippen molar-refractivity contribution < 1.29 is 4.79 Å². The highest BCUT2D eigenvalue weighted by molar-refractivity contribution is 7.14. The minimum atomic E-state index is -0.149. The van der Waals surface area contributed by atoms with Crippen molar-refractivity contribution in [3.63, 3.8) is 0 Å².